The number of thioether (sulfide) groups is 1. The summed E-state index contributed by atoms with van der Waals surface area (Å²) in [5, 5.41) is 9.05. The maximum Gasteiger partial charge on any atom is 0.240 e. The number of aliphatic hydroxyl groups excluding tert-OH is 1. The van der Waals surface area contributed by atoms with Crippen LogP contribution >= 0.6 is 11.8 Å². The lowest BCUT2D eigenvalue weighted by molar-refractivity contribution is 0.281. The molecule has 0 saturated carbocycles. The molecule has 1 aromatic carbocycles. The first-order valence-electron chi connectivity index (χ1n) is 5.70. The third kappa shape index (κ3) is 4.28. The zero-order valence-corrected chi connectivity index (χ0v) is 12.3. The molecule has 0 bridgehead atoms. The minimum absolute atomic E-state index is 0.157. The van der Waals surface area contributed by atoms with Gasteiger partial charge in [0, 0.05) is 6.54 Å². The summed E-state index contributed by atoms with van der Waals surface area (Å²) in [5.41, 5.74) is 1.29. The summed E-state index contributed by atoms with van der Waals surface area (Å²) in [6, 6.07) is 4.95. The van der Waals surface area contributed by atoms with Crippen LogP contribution in [0.3, 0.4) is 0 Å². The lowest BCUT2D eigenvalue weighted by Crippen LogP contribution is -2.26. The van der Waals surface area contributed by atoms with Crippen molar-refractivity contribution in [3.8, 4) is 0 Å². The average molecular weight is 289 g/mol. The van der Waals surface area contributed by atoms with Crippen molar-refractivity contribution < 1.29 is 13.5 Å². The summed E-state index contributed by atoms with van der Waals surface area (Å²) in [6.07, 6.45) is 2.79. The summed E-state index contributed by atoms with van der Waals surface area (Å²) in [7, 11) is -3.47. The number of aryl methyl sites for hydroxylation is 1. The molecule has 0 aliphatic heterocycles. The normalized spacial score (nSPS) is 11.7. The van der Waals surface area contributed by atoms with Crippen LogP contribution in [0, 0.1) is 6.92 Å². The predicted molar refractivity (Wildman–Crippen MR) is 75.3 cm³/mol. The van der Waals surface area contributed by atoms with Crippen LogP contribution in [0.4, 0.5) is 0 Å². The maximum absolute atomic E-state index is 12.1. The van der Waals surface area contributed by atoms with Gasteiger partial charge in [0.25, 0.3) is 0 Å². The van der Waals surface area contributed by atoms with Crippen molar-refractivity contribution in [1.29, 1.82) is 0 Å². The van der Waals surface area contributed by atoms with Gasteiger partial charge in [-0.05, 0) is 42.5 Å². The Labute approximate surface area is 113 Å². The highest BCUT2D eigenvalue weighted by Crippen LogP contribution is 2.17. The molecule has 0 fully saturated rings. The van der Waals surface area contributed by atoms with Crippen LogP contribution in [-0.4, -0.2) is 32.1 Å². The summed E-state index contributed by atoms with van der Waals surface area (Å²) < 4.78 is 26.7. The van der Waals surface area contributed by atoms with E-state index in [0.717, 1.165) is 12.2 Å². The van der Waals surface area contributed by atoms with Gasteiger partial charge in [-0.15, -0.1) is 0 Å². The van der Waals surface area contributed by atoms with Crippen molar-refractivity contribution in [3.05, 3.63) is 29.3 Å². The molecular formula is C12H19NO3S2. The minimum Gasteiger partial charge on any atom is -0.392 e. The number of nitrogens with one attached hydrogen (secondary N) is 1. The summed E-state index contributed by atoms with van der Waals surface area (Å²) in [6.45, 7) is 2.03. The Morgan fingerprint density at radius 1 is 1.39 bits per heavy atom. The molecule has 0 aromatic heterocycles. The average Bonchev–Trinajstić information content (AvgIpc) is 2.35. The van der Waals surface area contributed by atoms with Gasteiger partial charge in [0.05, 0.1) is 11.5 Å². The van der Waals surface area contributed by atoms with E-state index in [1.807, 2.05) is 6.26 Å². The van der Waals surface area contributed by atoms with Crippen molar-refractivity contribution >= 4 is 21.8 Å². The Kier molecular flexibility index (Phi) is 6.14. The maximum atomic E-state index is 12.1. The largest absolute Gasteiger partial charge is 0.392 e. The molecule has 6 heteroatoms. The van der Waals surface area contributed by atoms with Crippen molar-refractivity contribution in [1.82, 2.24) is 4.72 Å². The Hall–Kier alpha value is -0.560. The van der Waals surface area contributed by atoms with Gasteiger partial charge >= 0.3 is 0 Å². The number of rotatable bonds is 7. The molecule has 1 rings (SSSR count). The third-order valence-electron chi connectivity index (χ3n) is 2.54. The van der Waals surface area contributed by atoms with Gasteiger partial charge in [-0.3, -0.25) is 0 Å². The highest BCUT2D eigenvalue weighted by atomic mass is 32.2. The molecule has 0 aliphatic rings. The SMILES string of the molecule is CSCCCNS(=O)(=O)c1cc(CO)ccc1C. The van der Waals surface area contributed by atoms with Gasteiger partial charge in [-0.2, -0.15) is 11.8 Å². The molecular weight excluding hydrogens is 270 g/mol. The first-order valence-corrected chi connectivity index (χ1v) is 8.58. The Morgan fingerprint density at radius 2 is 2.11 bits per heavy atom. The van der Waals surface area contributed by atoms with E-state index in [9.17, 15) is 8.42 Å². The second-order valence-electron chi connectivity index (χ2n) is 4.00. The second-order valence-corrected chi connectivity index (χ2v) is 6.72. The lowest BCUT2D eigenvalue weighted by Gasteiger charge is -2.10. The van der Waals surface area contributed by atoms with Crippen LogP contribution in [0.1, 0.15) is 17.5 Å². The number of hydrogen-bond donors (Lipinski definition) is 2. The van der Waals surface area contributed by atoms with Gasteiger partial charge in [-0.1, -0.05) is 12.1 Å². The fraction of sp³-hybridized carbons (Fsp3) is 0.500. The fourth-order valence-corrected chi connectivity index (χ4v) is 3.33. The molecule has 0 amide bonds. The van der Waals surface area contributed by atoms with Gasteiger partial charge in [-0.25, -0.2) is 13.1 Å². The van der Waals surface area contributed by atoms with Gasteiger partial charge in [0.1, 0.15) is 0 Å². The van der Waals surface area contributed by atoms with Crippen LogP contribution in [0.25, 0.3) is 0 Å². The van der Waals surface area contributed by atoms with Gasteiger partial charge < -0.3 is 5.11 Å². The highest BCUT2D eigenvalue weighted by molar-refractivity contribution is 7.98. The molecule has 0 radical (unpaired) electrons. The van der Waals surface area contributed by atoms with E-state index in [4.69, 9.17) is 5.11 Å². The standard InChI is InChI=1S/C12H19NO3S2/c1-10-4-5-11(9-14)8-12(10)18(15,16)13-6-3-7-17-2/h4-5,8,13-14H,3,6-7,9H2,1-2H3. The molecule has 18 heavy (non-hydrogen) atoms. The molecule has 1 aromatic rings. The van der Waals surface area contributed by atoms with Crippen molar-refractivity contribution in [2.75, 3.05) is 18.6 Å². The summed E-state index contributed by atoms with van der Waals surface area (Å²) >= 11 is 1.69. The molecule has 0 aliphatic carbocycles. The lowest BCUT2D eigenvalue weighted by atomic mass is 10.2. The van der Waals surface area contributed by atoms with Gasteiger partial charge in [0.15, 0.2) is 0 Å². The van der Waals surface area contributed by atoms with Crippen LogP contribution in [0.5, 0.6) is 0 Å². The summed E-state index contributed by atoms with van der Waals surface area (Å²) in [4.78, 5) is 0.248. The van der Waals surface area contributed by atoms with Crippen LogP contribution in [-0.2, 0) is 16.6 Å². The van der Waals surface area contributed by atoms with Crippen LogP contribution < -0.4 is 4.72 Å². The van der Waals surface area contributed by atoms with E-state index in [0.29, 0.717) is 17.7 Å². The van der Waals surface area contributed by atoms with E-state index in [1.54, 1.807) is 30.8 Å². The number of aliphatic hydroxyl groups is 1. The van der Waals surface area contributed by atoms with Crippen LogP contribution in [0.2, 0.25) is 0 Å². The Morgan fingerprint density at radius 3 is 2.72 bits per heavy atom. The topological polar surface area (TPSA) is 66.4 Å². The molecule has 2 N–H and O–H groups in total. The number of hydrogen-bond acceptors (Lipinski definition) is 4. The fourth-order valence-electron chi connectivity index (χ4n) is 1.53. The van der Waals surface area contributed by atoms with E-state index >= 15 is 0 Å². The Balaban J connectivity index is 2.83. The second kappa shape index (κ2) is 7.13. The number of benzene rings is 1. The molecule has 0 saturated heterocycles. The van der Waals surface area contributed by atoms with Crippen molar-refractivity contribution in [2.45, 2.75) is 24.8 Å². The molecule has 0 spiro atoms. The summed E-state index contributed by atoms with van der Waals surface area (Å²) in [5.74, 6) is 0.929. The molecule has 0 atom stereocenters. The van der Waals surface area contributed by atoms with Gasteiger partial charge in [0.2, 0.25) is 10.0 Å². The third-order valence-corrected chi connectivity index (χ3v) is 4.84. The number of sulfonamides is 1. The molecule has 0 unspecified atom stereocenters. The smallest absolute Gasteiger partial charge is 0.240 e. The molecule has 0 heterocycles. The highest BCUT2D eigenvalue weighted by Gasteiger charge is 2.16. The van der Waals surface area contributed by atoms with E-state index < -0.39 is 10.0 Å². The predicted octanol–water partition coefficient (Wildman–Crippen LogP) is 1.52. The van der Waals surface area contributed by atoms with Crippen molar-refractivity contribution in [3.63, 3.8) is 0 Å². The van der Waals surface area contributed by atoms with E-state index in [1.165, 1.54) is 6.07 Å². The quantitative estimate of drug-likeness (QED) is 0.747. The first kappa shape index (κ1) is 15.5. The molecule has 4 nitrogen and oxygen atoms in total. The zero-order chi connectivity index (χ0) is 13.6. The Bertz CT molecular complexity index is 486. The first-order chi connectivity index (χ1) is 8.51. The molecule has 102 valence electrons. The van der Waals surface area contributed by atoms with Crippen molar-refractivity contribution in [2.24, 2.45) is 0 Å². The zero-order valence-electron chi connectivity index (χ0n) is 10.6. The monoisotopic (exact) mass is 289 g/mol. The van der Waals surface area contributed by atoms with Crippen LogP contribution in [0.15, 0.2) is 23.1 Å². The van der Waals surface area contributed by atoms with E-state index in [-0.39, 0.29) is 11.5 Å². The minimum atomic E-state index is -3.47. The van der Waals surface area contributed by atoms with E-state index in [2.05, 4.69) is 4.72 Å².